The van der Waals surface area contributed by atoms with Crippen LogP contribution in [0.25, 0.3) is 0 Å². The van der Waals surface area contributed by atoms with Gasteiger partial charge in [-0.25, -0.2) is 0 Å². The molecule has 0 amide bonds. The molecule has 0 aromatic heterocycles. The van der Waals surface area contributed by atoms with Crippen LogP contribution in [0.5, 0.6) is 0 Å². The van der Waals surface area contributed by atoms with Crippen molar-refractivity contribution in [1.29, 1.82) is 0 Å². The quantitative estimate of drug-likeness (QED) is 0.559. The summed E-state index contributed by atoms with van der Waals surface area (Å²) in [4.78, 5) is 0. The van der Waals surface area contributed by atoms with Gasteiger partial charge in [-0.1, -0.05) is 33.6 Å². The molecule has 0 radical (unpaired) electrons. The maximum atomic E-state index is 12.3. The highest BCUT2D eigenvalue weighted by atomic mass is 32.2. The van der Waals surface area contributed by atoms with Crippen molar-refractivity contribution >= 4 is 10.1 Å². The summed E-state index contributed by atoms with van der Waals surface area (Å²) in [7, 11) is -5.55. The number of hydrogen-bond donors (Lipinski definition) is 0. The van der Waals surface area contributed by atoms with Crippen molar-refractivity contribution in [2.45, 2.75) is 58.4 Å². The molecule has 0 N–H and O–H groups in total. The second-order valence-electron chi connectivity index (χ2n) is 5.85. The molecule has 0 bridgehead atoms. The standard InChI is InChI=1S/C13H21F3O3S/c1-4-5-6-10-9-11(7-8-12(10,2)3)19-20(17,18)13(14,15)16/h9-10H,4-8H2,1-3H3/t10-/m1/s1. The lowest BCUT2D eigenvalue weighted by Gasteiger charge is -2.36. The normalized spacial score (nSPS) is 23.3. The van der Waals surface area contributed by atoms with Gasteiger partial charge >= 0.3 is 15.6 Å². The topological polar surface area (TPSA) is 43.4 Å². The summed E-state index contributed by atoms with van der Waals surface area (Å²) in [6, 6.07) is 0. The minimum atomic E-state index is -5.55. The van der Waals surface area contributed by atoms with E-state index in [1.54, 1.807) is 6.08 Å². The largest absolute Gasteiger partial charge is 0.534 e. The van der Waals surface area contributed by atoms with E-state index in [1.165, 1.54) is 0 Å². The Hall–Kier alpha value is -0.720. The van der Waals surface area contributed by atoms with Gasteiger partial charge in [-0.15, -0.1) is 0 Å². The van der Waals surface area contributed by atoms with E-state index in [1.807, 2.05) is 20.8 Å². The third kappa shape index (κ3) is 4.14. The number of allylic oxidation sites excluding steroid dienone is 2. The fourth-order valence-electron chi connectivity index (χ4n) is 2.32. The van der Waals surface area contributed by atoms with Gasteiger partial charge in [0.2, 0.25) is 0 Å². The van der Waals surface area contributed by atoms with E-state index in [9.17, 15) is 21.6 Å². The van der Waals surface area contributed by atoms with E-state index < -0.39 is 15.6 Å². The van der Waals surface area contributed by atoms with Gasteiger partial charge in [-0.3, -0.25) is 0 Å². The van der Waals surface area contributed by atoms with Crippen molar-refractivity contribution in [3.05, 3.63) is 11.8 Å². The Bertz CT molecular complexity index is 464. The Morgan fingerprint density at radius 2 is 2.00 bits per heavy atom. The van der Waals surface area contributed by atoms with Crippen molar-refractivity contribution in [2.75, 3.05) is 0 Å². The molecule has 0 heterocycles. The van der Waals surface area contributed by atoms with Gasteiger partial charge in [0, 0.05) is 6.42 Å². The molecule has 20 heavy (non-hydrogen) atoms. The molecule has 118 valence electrons. The Morgan fingerprint density at radius 1 is 1.40 bits per heavy atom. The third-order valence-electron chi connectivity index (χ3n) is 3.78. The van der Waals surface area contributed by atoms with Crippen LogP contribution in [-0.4, -0.2) is 13.9 Å². The van der Waals surface area contributed by atoms with Crippen LogP contribution in [0.15, 0.2) is 11.8 Å². The number of rotatable bonds is 5. The molecule has 0 aliphatic heterocycles. The Labute approximate surface area is 118 Å². The summed E-state index contributed by atoms with van der Waals surface area (Å²) in [5.74, 6) is -0.0441. The lowest BCUT2D eigenvalue weighted by Crippen LogP contribution is -2.30. The lowest BCUT2D eigenvalue weighted by molar-refractivity contribution is -0.0526. The summed E-state index contributed by atoms with van der Waals surface area (Å²) in [6.45, 7) is 6.11. The smallest absolute Gasteiger partial charge is 0.381 e. The zero-order chi connectivity index (χ0) is 15.6. The van der Waals surface area contributed by atoms with E-state index >= 15 is 0 Å². The average Bonchev–Trinajstić information content (AvgIpc) is 2.28. The number of alkyl halides is 3. The molecule has 7 heteroatoms. The van der Waals surface area contributed by atoms with E-state index in [0.717, 1.165) is 19.3 Å². The summed E-state index contributed by atoms with van der Waals surface area (Å²) in [5, 5.41) is 0. The van der Waals surface area contributed by atoms with Crippen LogP contribution in [0.1, 0.15) is 52.9 Å². The van der Waals surface area contributed by atoms with Gasteiger partial charge in [-0.2, -0.15) is 21.6 Å². The molecule has 1 rings (SSSR count). The summed E-state index contributed by atoms with van der Waals surface area (Å²) < 4.78 is 63.2. The number of hydrogen-bond acceptors (Lipinski definition) is 3. The van der Waals surface area contributed by atoms with E-state index in [-0.39, 0.29) is 23.5 Å². The zero-order valence-electron chi connectivity index (χ0n) is 12.0. The molecule has 0 fully saturated rings. The monoisotopic (exact) mass is 314 g/mol. The highest BCUT2D eigenvalue weighted by molar-refractivity contribution is 7.87. The first-order valence-electron chi connectivity index (χ1n) is 6.71. The summed E-state index contributed by atoms with van der Waals surface area (Å²) >= 11 is 0. The molecule has 1 atom stereocenters. The van der Waals surface area contributed by atoms with Crippen LogP contribution in [-0.2, 0) is 14.3 Å². The van der Waals surface area contributed by atoms with Crippen LogP contribution >= 0.6 is 0 Å². The van der Waals surface area contributed by atoms with Crippen LogP contribution in [0.3, 0.4) is 0 Å². The van der Waals surface area contributed by atoms with E-state index in [0.29, 0.717) is 6.42 Å². The minimum Gasteiger partial charge on any atom is -0.381 e. The van der Waals surface area contributed by atoms with Crippen LogP contribution in [0.4, 0.5) is 13.2 Å². The molecular formula is C13H21F3O3S. The van der Waals surface area contributed by atoms with Gasteiger partial charge in [-0.05, 0) is 30.3 Å². The first-order chi connectivity index (χ1) is 8.99. The Balaban J connectivity index is 2.89. The van der Waals surface area contributed by atoms with Crippen LogP contribution in [0.2, 0.25) is 0 Å². The second-order valence-corrected chi connectivity index (χ2v) is 7.39. The van der Waals surface area contributed by atoms with Gasteiger partial charge in [0.25, 0.3) is 0 Å². The molecule has 3 nitrogen and oxygen atoms in total. The number of halogens is 3. The fourth-order valence-corrected chi connectivity index (χ4v) is 2.84. The molecule has 0 unspecified atom stereocenters. The predicted molar refractivity (Wildman–Crippen MR) is 70.2 cm³/mol. The van der Waals surface area contributed by atoms with Crippen LogP contribution in [0, 0.1) is 11.3 Å². The van der Waals surface area contributed by atoms with Crippen molar-refractivity contribution < 1.29 is 25.8 Å². The minimum absolute atomic E-state index is 0.0367. The maximum absolute atomic E-state index is 12.3. The maximum Gasteiger partial charge on any atom is 0.534 e. The highest BCUT2D eigenvalue weighted by Crippen LogP contribution is 2.43. The summed E-state index contributed by atoms with van der Waals surface area (Å²) in [5.41, 5.74) is -5.43. The lowest BCUT2D eigenvalue weighted by atomic mass is 9.70. The molecule has 1 aliphatic carbocycles. The molecule has 0 aromatic carbocycles. The predicted octanol–water partition coefficient (Wildman–Crippen LogP) is 4.36. The number of unbranched alkanes of at least 4 members (excludes halogenated alkanes) is 1. The SMILES string of the molecule is CCCC[C@@H]1C=C(OS(=O)(=O)C(F)(F)F)CCC1(C)C. The van der Waals surface area contributed by atoms with Gasteiger partial charge in [0.15, 0.2) is 0 Å². The third-order valence-corrected chi connectivity index (χ3v) is 4.78. The summed E-state index contributed by atoms with van der Waals surface area (Å²) in [6.07, 6.45) is 5.14. The molecule has 0 aromatic rings. The molecular weight excluding hydrogens is 293 g/mol. The Morgan fingerprint density at radius 3 is 2.50 bits per heavy atom. The first kappa shape index (κ1) is 17.3. The van der Waals surface area contributed by atoms with E-state index in [2.05, 4.69) is 4.18 Å². The molecule has 0 spiro atoms. The molecule has 0 saturated carbocycles. The van der Waals surface area contributed by atoms with E-state index in [4.69, 9.17) is 0 Å². The van der Waals surface area contributed by atoms with Gasteiger partial charge in [0.1, 0.15) is 5.76 Å². The van der Waals surface area contributed by atoms with Crippen LogP contribution < -0.4 is 0 Å². The highest BCUT2D eigenvalue weighted by Gasteiger charge is 2.49. The van der Waals surface area contributed by atoms with Crippen molar-refractivity contribution in [3.63, 3.8) is 0 Å². The Kier molecular flexibility index (Phi) is 5.16. The van der Waals surface area contributed by atoms with Gasteiger partial charge < -0.3 is 4.18 Å². The van der Waals surface area contributed by atoms with Gasteiger partial charge in [0.05, 0.1) is 0 Å². The van der Waals surface area contributed by atoms with Crippen molar-refractivity contribution in [2.24, 2.45) is 11.3 Å². The second kappa shape index (κ2) is 5.95. The fraction of sp³-hybridized carbons (Fsp3) is 0.846. The average molecular weight is 314 g/mol. The zero-order valence-corrected chi connectivity index (χ0v) is 12.8. The van der Waals surface area contributed by atoms with Crippen molar-refractivity contribution in [3.8, 4) is 0 Å². The van der Waals surface area contributed by atoms with Crippen molar-refractivity contribution in [1.82, 2.24) is 0 Å². The molecule has 0 saturated heterocycles. The first-order valence-corrected chi connectivity index (χ1v) is 8.12. The molecule has 1 aliphatic rings.